The topological polar surface area (TPSA) is 95.6 Å². The molecule has 2 heterocycles. The van der Waals surface area contributed by atoms with Gasteiger partial charge in [0.05, 0.1) is 0 Å². The van der Waals surface area contributed by atoms with Gasteiger partial charge in [0.2, 0.25) is 11.9 Å². The molecule has 17 heavy (non-hydrogen) atoms. The lowest BCUT2D eigenvalue weighted by molar-refractivity contribution is 0.102. The van der Waals surface area contributed by atoms with E-state index in [9.17, 15) is 4.79 Å². The highest BCUT2D eigenvalue weighted by atomic mass is 16.2. The zero-order valence-electron chi connectivity index (χ0n) is 9.48. The normalized spacial score (nSPS) is 10.0. The van der Waals surface area contributed by atoms with Gasteiger partial charge in [-0.25, -0.2) is 15.0 Å². The van der Waals surface area contributed by atoms with Crippen molar-refractivity contribution in [2.45, 2.75) is 6.92 Å². The fourth-order valence-corrected chi connectivity index (χ4v) is 1.30. The Morgan fingerprint density at radius 3 is 2.88 bits per heavy atom. The molecule has 0 saturated carbocycles. The molecule has 2 aromatic heterocycles. The summed E-state index contributed by atoms with van der Waals surface area (Å²) in [6, 6.07) is 1.61. The van der Waals surface area contributed by atoms with Crippen LogP contribution < -0.4 is 10.6 Å². The predicted molar refractivity (Wildman–Crippen MR) is 62.9 cm³/mol. The Hall–Kier alpha value is -2.44. The molecule has 3 N–H and O–H groups in total. The van der Waals surface area contributed by atoms with Gasteiger partial charge in [0.15, 0.2) is 0 Å². The standard InChI is InChI=1S/C10H12N6O/c1-6-5-7(15-9(11-2)14-6)8(17)16-10-12-3-4-13-10/h3-5H,1-2H3,(H,11,14,15)(H2,12,13,16,17). The van der Waals surface area contributed by atoms with Crippen molar-refractivity contribution in [1.29, 1.82) is 0 Å². The zero-order valence-corrected chi connectivity index (χ0v) is 9.48. The number of H-pyrrole nitrogens is 1. The first kappa shape index (κ1) is 11.1. The van der Waals surface area contributed by atoms with Gasteiger partial charge in [-0.2, -0.15) is 0 Å². The van der Waals surface area contributed by atoms with Crippen LogP contribution >= 0.6 is 0 Å². The second-order valence-electron chi connectivity index (χ2n) is 3.36. The van der Waals surface area contributed by atoms with Gasteiger partial charge in [0.25, 0.3) is 5.91 Å². The molecule has 88 valence electrons. The van der Waals surface area contributed by atoms with Crippen LogP contribution in [0.4, 0.5) is 11.9 Å². The van der Waals surface area contributed by atoms with E-state index in [0.717, 1.165) is 0 Å². The number of aromatic nitrogens is 4. The van der Waals surface area contributed by atoms with Crippen LogP contribution in [0.2, 0.25) is 0 Å². The van der Waals surface area contributed by atoms with E-state index in [4.69, 9.17) is 0 Å². The zero-order chi connectivity index (χ0) is 12.3. The lowest BCUT2D eigenvalue weighted by Gasteiger charge is -2.04. The second-order valence-corrected chi connectivity index (χ2v) is 3.36. The van der Waals surface area contributed by atoms with Crippen LogP contribution in [-0.4, -0.2) is 32.9 Å². The number of carbonyl (C=O) groups excluding carboxylic acids is 1. The molecule has 0 unspecified atom stereocenters. The second kappa shape index (κ2) is 4.60. The fourth-order valence-electron chi connectivity index (χ4n) is 1.30. The minimum atomic E-state index is -0.332. The number of nitrogens with one attached hydrogen (secondary N) is 3. The average Bonchev–Trinajstić information content (AvgIpc) is 2.81. The Bertz CT molecular complexity index is 522. The van der Waals surface area contributed by atoms with Gasteiger partial charge < -0.3 is 10.3 Å². The van der Waals surface area contributed by atoms with Gasteiger partial charge in [0.1, 0.15) is 5.69 Å². The van der Waals surface area contributed by atoms with Crippen molar-refractivity contribution < 1.29 is 4.79 Å². The number of hydrogen-bond acceptors (Lipinski definition) is 5. The third kappa shape index (κ3) is 2.57. The summed E-state index contributed by atoms with van der Waals surface area (Å²) in [5.74, 6) is 0.466. The van der Waals surface area contributed by atoms with Crippen LogP contribution in [0.15, 0.2) is 18.5 Å². The monoisotopic (exact) mass is 232 g/mol. The van der Waals surface area contributed by atoms with Crippen molar-refractivity contribution in [2.75, 3.05) is 17.7 Å². The summed E-state index contributed by atoms with van der Waals surface area (Å²) in [6.07, 6.45) is 3.18. The van der Waals surface area contributed by atoms with E-state index in [0.29, 0.717) is 23.3 Å². The van der Waals surface area contributed by atoms with Crippen LogP contribution in [0.1, 0.15) is 16.2 Å². The molecule has 0 aliphatic carbocycles. The minimum Gasteiger partial charge on any atom is -0.357 e. The molecule has 0 bridgehead atoms. The molecule has 0 spiro atoms. The third-order valence-corrected chi connectivity index (χ3v) is 2.04. The summed E-state index contributed by atoms with van der Waals surface area (Å²) in [4.78, 5) is 26.7. The highest BCUT2D eigenvalue weighted by Crippen LogP contribution is 2.06. The first-order valence-electron chi connectivity index (χ1n) is 5.03. The molecule has 0 aromatic carbocycles. The summed E-state index contributed by atoms with van der Waals surface area (Å²) >= 11 is 0. The molecule has 7 heteroatoms. The van der Waals surface area contributed by atoms with Crippen LogP contribution in [0.5, 0.6) is 0 Å². The van der Waals surface area contributed by atoms with E-state index >= 15 is 0 Å². The van der Waals surface area contributed by atoms with Gasteiger partial charge in [0, 0.05) is 25.1 Å². The third-order valence-electron chi connectivity index (χ3n) is 2.04. The van der Waals surface area contributed by atoms with Crippen LogP contribution in [0.25, 0.3) is 0 Å². The summed E-state index contributed by atoms with van der Waals surface area (Å²) in [7, 11) is 1.70. The number of aromatic amines is 1. The molecule has 7 nitrogen and oxygen atoms in total. The largest absolute Gasteiger partial charge is 0.357 e. The summed E-state index contributed by atoms with van der Waals surface area (Å²) in [6.45, 7) is 1.80. The summed E-state index contributed by atoms with van der Waals surface area (Å²) in [5, 5.41) is 5.39. The molecule has 0 aliphatic heterocycles. The Morgan fingerprint density at radius 1 is 1.41 bits per heavy atom. The number of aryl methyl sites for hydroxylation is 1. The number of amides is 1. The molecule has 2 aromatic rings. The van der Waals surface area contributed by atoms with Crippen molar-refractivity contribution in [3.63, 3.8) is 0 Å². The lowest BCUT2D eigenvalue weighted by atomic mass is 10.3. The van der Waals surface area contributed by atoms with E-state index in [-0.39, 0.29) is 5.91 Å². The highest BCUT2D eigenvalue weighted by molar-refractivity contribution is 6.02. The Balaban J connectivity index is 2.21. The SMILES string of the molecule is CNc1nc(C)cc(C(=O)Nc2ncc[nH]2)n1. The predicted octanol–water partition coefficient (Wildman–Crippen LogP) is 0.802. The molecule has 0 atom stereocenters. The van der Waals surface area contributed by atoms with Crippen molar-refractivity contribution >= 4 is 17.8 Å². The molecule has 0 radical (unpaired) electrons. The lowest BCUT2D eigenvalue weighted by Crippen LogP contribution is -2.16. The van der Waals surface area contributed by atoms with E-state index in [1.807, 2.05) is 0 Å². The van der Waals surface area contributed by atoms with Gasteiger partial charge in [-0.1, -0.05) is 0 Å². The fraction of sp³-hybridized carbons (Fsp3) is 0.200. The number of hydrogen-bond donors (Lipinski definition) is 3. The molecular weight excluding hydrogens is 220 g/mol. The van der Waals surface area contributed by atoms with E-state index in [1.54, 1.807) is 32.4 Å². The molecule has 0 aliphatic rings. The number of rotatable bonds is 3. The van der Waals surface area contributed by atoms with Gasteiger partial charge in [-0.15, -0.1) is 0 Å². The maximum atomic E-state index is 11.8. The van der Waals surface area contributed by atoms with Crippen LogP contribution in [-0.2, 0) is 0 Å². The summed E-state index contributed by atoms with van der Waals surface area (Å²) < 4.78 is 0. The quantitative estimate of drug-likeness (QED) is 0.727. The van der Waals surface area contributed by atoms with Crippen molar-refractivity contribution in [3.05, 3.63) is 29.8 Å². The summed E-state index contributed by atoms with van der Waals surface area (Å²) in [5.41, 5.74) is 1.01. The molecule has 1 amide bonds. The van der Waals surface area contributed by atoms with Gasteiger partial charge in [-0.05, 0) is 13.0 Å². The highest BCUT2D eigenvalue weighted by Gasteiger charge is 2.11. The van der Waals surface area contributed by atoms with Crippen LogP contribution in [0, 0.1) is 6.92 Å². The van der Waals surface area contributed by atoms with Crippen molar-refractivity contribution in [3.8, 4) is 0 Å². The number of carbonyl (C=O) groups is 1. The first-order chi connectivity index (χ1) is 8.19. The maximum Gasteiger partial charge on any atom is 0.276 e. The smallest absolute Gasteiger partial charge is 0.276 e. The number of anilines is 2. The average molecular weight is 232 g/mol. The number of nitrogens with zero attached hydrogens (tertiary/aromatic N) is 3. The van der Waals surface area contributed by atoms with Gasteiger partial charge in [-0.3, -0.25) is 10.1 Å². The molecule has 0 saturated heterocycles. The minimum absolute atomic E-state index is 0.290. The molecular formula is C10H12N6O. The first-order valence-corrected chi connectivity index (χ1v) is 5.03. The van der Waals surface area contributed by atoms with Crippen molar-refractivity contribution in [2.24, 2.45) is 0 Å². The Kier molecular flexibility index (Phi) is 2.99. The van der Waals surface area contributed by atoms with Crippen LogP contribution in [0.3, 0.4) is 0 Å². The van der Waals surface area contributed by atoms with Gasteiger partial charge >= 0.3 is 0 Å². The Labute approximate surface area is 97.7 Å². The van der Waals surface area contributed by atoms with E-state index in [1.165, 1.54) is 0 Å². The van der Waals surface area contributed by atoms with Crippen molar-refractivity contribution in [1.82, 2.24) is 19.9 Å². The van der Waals surface area contributed by atoms with E-state index in [2.05, 4.69) is 30.6 Å². The molecule has 0 fully saturated rings. The molecule has 2 rings (SSSR count). The Morgan fingerprint density at radius 2 is 2.24 bits per heavy atom. The number of imidazole rings is 1. The maximum absolute atomic E-state index is 11.8. The van der Waals surface area contributed by atoms with E-state index < -0.39 is 0 Å².